The molecule has 3 aromatic rings. The number of carbonyl (C=O) groups excluding carboxylic acids is 1. The maximum atomic E-state index is 13.2. The number of aliphatic imine (C=N–C) groups is 1. The predicted octanol–water partition coefficient (Wildman–Crippen LogP) is 4.99. The predicted molar refractivity (Wildman–Crippen MR) is 112 cm³/mol. The van der Waals surface area contributed by atoms with E-state index in [1.165, 1.54) is 0 Å². The summed E-state index contributed by atoms with van der Waals surface area (Å²) >= 11 is 3.48. The van der Waals surface area contributed by atoms with Crippen LogP contribution < -0.4 is 4.90 Å². The quantitative estimate of drug-likeness (QED) is 0.563. The first kappa shape index (κ1) is 17.4. The van der Waals surface area contributed by atoms with Gasteiger partial charge in [0.15, 0.2) is 0 Å². The van der Waals surface area contributed by atoms with E-state index in [4.69, 9.17) is 0 Å². The van der Waals surface area contributed by atoms with Crippen molar-refractivity contribution in [2.24, 2.45) is 4.99 Å². The monoisotopic (exact) mass is 417 g/mol. The number of carbonyl (C=O) groups is 1. The van der Waals surface area contributed by atoms with Crippen molar-refractivity contribution in [2.75, 3.05) is 4.90 Å². The van der Waals surface area contributed by atoms with Crippen LogP contribution in [0.25, 0.3) is 6.08 Å². The lowest BCUT2D eigenvalue weighted by Gasteiger charge is -2.19. The average molecular weight is 418 g/mol. The summed E-state index contributed by atoms with van der Waals surface area (Å²) in [5.41, 5.74) is 4.11. The number of benzene rings is 2. The Morgan fingerprint density at radius 1 is 1.00 bits per heavy atom. The molecule has 2 aromatic carbocycles. The van der Waals surface area contributed by atoms with E-state index in [0.29, 0.717) is 11.5 Å². The molecular weight excluding hydrogens is 402 g/mol. The molecule has 1 aliphatic heterocycles. The molecule has 27 heavy (non-hydrogen) atoms. The minimum Gasteiger partial charge on any atom is -0.266 e. The molecule has 1 aliphatic rings. The molecule has 0 saturated carbocycles. The first-order valence-corrected chi connectivity index (χ1v) is 9.28. The number of nitrogens with zero attached hydrogens (tertiary/aromatic N) is 3. The molecule has 1 amide bonds. The second-order valence-corrected chi connectivity index (χ2v) is 7.15. The number of amidine groups is 1. The van der Waals surface area contributed by atoms with E-state index >= 15 is 0 Å². The number of hydrogen-bond donors (Lipinski definition) is 0. The lowest BCUT2D eigenvalue weighted by atomic mass is 10.1. The van der Waals surface area contributed by atoms with Crippen LogP contribution in [0.2, 0.25) is 0 Å². The minimum atomic E-state index is -0.152. The van der Waals surface area contributed by atoms with Crippen LogP contribution in [-0.2, 0) is 4.79 Å². The Hall–Kier alpha value is -3.05. The van der Waals surface area contributed by atoms with Crippen LogP contribution in [0.3, 0.4) is 0 Å². The molecule has 4 rings (SSSR count). The van der Waals surface area contributed by atoms with E-state index in [1.54, 1.807) is 23.4 Å². The zero-order chi connectivity index (χ0) is 18.8. The van der Waals surface area contributed by atoms with Crippen LogP contribution in [0.15, 0.2) is 88.2 Å². The molecule has 0 atom stereocenters. The number of aromatic nitrogens is 1. The highest BCUT2D eigenvalue weighted by Crippen LogP contribution is 2.29. The minimum absolute atomic E-state index is 0.152. The van der Waals surface area contributed by atoms with Gasteiger partial charge in [0.25, 0.3) is 5.91 Å². The molecule has 1 aromatic heterocycles. The molecule has 132 valence electrons. The van der Waals surface area contributed by atoms with Gasteiger partial charge in [-0.1, -0.05) is 51.8 Å². The molecule has 2 heterocycles. The standard InChI is InChI=1S/C22H16BrN3O/c1-15-5-7-17(8-6-15)21-25-20(13-16-9-11-24-12-10-16)22(27)26(21)19-4-2-3-18(23)14-19/h2-14H,1H3/b20-13+. The third-order valence-electron chi connectivity index (χ3n) is 4.25. The topological polar surface area (TPSA) is 45.6 Å². The Morgan fingerprint density at radius 2 is 1.74 bits per heavy atom. The number of amides is 1. The molecule has 0 radical (unpaired) electrons. The van der Waals surface area contributed by atoms with Crippen LogP contribution in [0, 0.1) is 6.92 Å². The van der Waals surface area contributed by atoms with Crippen molar-refractivity contribution in [3.05, 3.63) is 99.9 Å². The van der Waals surface area contributed by atoms with E-state index in [-0.39, 0.29) is 5.91 Å². The van der Waals surface area contributed by atoms with E-state index < -0.39 is 0 Å². The van der Waals surface area contributed by atoms with Crippen LogP contribution in [0.4, 0.5) is 5.69 Å². The first-order chi connectivity index (χ1) is 13.1. The van der Waals surface area contributed by atoms with Gasteiger partial charge in [-0.05, 0) is 48.9 Å². The van der Waals surface area contributed by atoms with Crippen molar-refractivity contribution >= 4 is 39.4 Å². The van der Waals surface area contributed by atoms with Crippen molar-refractivity contribution in [3.63, 3.8) is 0 Å². The van der Waals surface area contributed by atoms with Crippen molar-refractivity contribution in [1.29, 1.82) is 0 Å². The average Bonchev–Trinajstić information content (AvgIpc) is 2.99. The number of aryl methyl sites for hydroxylation is 1. The number of pyridine rings is 1. The van der Waals surface area contributed by atoms with Gasteiger partial charge in [0.2, 0.25) is 0 Å². The highest BCUT2D eigenvalue weighted by Gasteiger charge is 2.32. The second kappa shape index (κ2) is 7.29. The lowest BCUT2D eigenvalue weighted by molar-refractivity contribution is -0.113. The van der Waals surface area contributed by atoms with Gasteiger partial charge in [-0.3, -0.25) is 14.7 Å². The van der Waals surface area contributed by atoms with Crippen LogP contribution in [0.1, 0.15) is 16.7 Å². The number of halogens is 1. The third kappa shape index (κ3) is 3.59. The molecule has 0 saturated heterocycles. The summed E-state index contributed by atoms with van der Waals surface area (Å²) in [6, 6.07) is 19.4. The molecule has 0 spiro atoms. The zero-order valence-corrected chi connectivity index (χ0v) is 16.2. The molecule has 4 nitrogen and oxygen atoms in total. The fourth-order valence-corrected chi connectivity index (χ4v) is 3.27. The molecule has 0 bridgehead atoms. The molecule has 0 fully saturated rings. The van der Waals surface area contributed by atoms with E-state index in [1.807, 2.05) is 67.6 Å². The van der Waals surface area contributed by atoms with Gasteiger partial charge in [-0.2, -0.15) is 0 Å². The van der Waals surface area contributed by atoms with Gasteiger partial charge in [0.05, 0.1) is 5.69 Å². The van der Waals surface area contributed by atoms with Gasteiger partial charge >= 0.3 is 0 Å². The lowest BCUT2D eigenvalue weighted by Crippen LogP contribution is -2.32. The maximum absolute atomic E-state index is 13.2. The molecule has 0 N–H and O–H groups in total. The molecule has 0 aliphatic carbocycles. The highest BCUT2D eigenvalue weighted by molar-refractivity contribution is 9.10. The largest absolute Gasteiger partial charge is 0.282 e. The summed E-state index contributed by atoms with van der Waals surface area (Å²) in [5.74, 6) is 0.471. The smallest absolute Gasteiger partial charge is 0.266 e. The Kier molecular flexibility index (Phi) is 4.69. The summed E-state index contributed by atoms with van der Waals surface area (Å²) in [7, 11) is 0. The molecule has 5 heteroatoms. The third-order valence-corrected chi connectivity index (χ3v) is 4.74. The van der Waals surface area contributed by atoms with Crippen LogP contribution in [0.5, 0.6) is 0 Å². The Morgan fingerprint density at radius 3 is 2.44 bits per heavy atom. The fraction of sp³-hybridized carbons (Fsp3) is 0.0455. The normalized spacial score (nSPS) is 15.3. The van der Waals surface area contributed by atoms with E-state index in [0.717, 1.165) is 26.9 Å². The van der Waals surface area contributed by atoms with Crippen LogP contribution in [-0.4, -0.2) is 16.7 Å². The van der Waals surface area contributed by atoms with Crippen molar-refractivity contribution in [2.45, 2.75) is 6.92 Å². The van der Waals surface area contributed by atoms with Crippen molar-refractivity contribution in [1.82, 2.24) is 4.98 Å². The SMILES string of the molecule is Cc1ccc(C2=N/C(=C/c3ccncc3)C(=O)N2c2cccc(Br)c2)cc1. The maximum Gasteiger partial charge on any atom is 0.282 e. The van der Waals surface area contributed by atoms with E-state index in [9.17, 15) is 4.79 Å². The second-order valence-electron chi connectivity index (χ2n) is 6.23. The van der Waals surface area contributed by atoms with Crippen molar-refractivity contribution in [3.8, 4) is 0 Å². The Balaban J connectivity index is 1.84. The highest BCUT2D eigenvalue weighted by atomic mass is 79.9. The fourth-order valence-electron chi connectivity index (χ4n) is 2.89. The zero-order valence-electron chi connectivity index (χ0n) is 14.6. The number of hydrogen-bond acceptors (Lipinski definition) is 3. The first-order valence-electron chi connectivity index (χ1n) is 8.49. The number of rotatable bonds is 3. The van der Waals surface area contributed by atoms with Crippen LogP contribution >= 0.6 is 15.9 Å². The summed E-state index contributed by atoms with van der Waals surface area (Å²) in [6.45, 7) is 2.03. The van der Waals surface area contributed by atoms with Crippen molar-refractivity contribution < 1.29 is 4.79 Å². The summed E-state index contributed by atoms with van der Waals surface area (Å²) < 4.78 is 0.905. The van der Waals surface area contributed by atoms with Gasteiger partial charge in [-0.15, -0.1) is 0 Å². The van der Waals surface area contributed by atoms with E-state index in [2.05, 4.69) is 25.9 Å². The van der Waals surface area contributed by atoms with Gasteiger partial charge in [0, 0.05) is 22.4 Å². The summed E-state index contributed by atoms with van der Waals surface area (Å²) in [6.07, 6.45) is 5.18. The summed E-state index contributed by atoms with van der Waals surface area (Å²) in [5, 5.41) is 0. The Labute approximate surface area is 166 Å². The van der Waals surface area contributed by atoms with Gasteiger partial charge in [-0.25, -0.2) is 4.99 Å². The van der Waals surface area contributed by atoms with Gasteiger partial charge < -0.3 is 0 Å². The molecule has 0 unspecified atom stereocenters. The number of anilines is 1. The van der Waals surface area contributed by atoms with Gasteiger partial charge in [0.1, 0.15) is 11.5 Å². The summed E-state index contributed by atoms with van der Waals surface area (Å²) in [4.78, 5) is 23.5. The Bertz CT molecular complexity index is 1060. The molecular formula is C22H16BrN3O.